The minimum absolute atomic E-state index is 0.0333. The minimum atomic E-state index is -1.05. The van der Waals surface area contributed by atoms with Gasteiger partial charge in [-0.05, 0) is 65.9 Å². The Bertz CT molecular complexity index is 865. The van der Waals surface area contributed by atoms with E-state index in [1.165, 1.54) is 4.90 Å². The summed E-state index contributed by atoms with van der Waals surface area (Å²) in [5, 5.41) is 16.8. The van der Waals surface area contributed by atoms with Gasteiger partial charge in [0.05, 0.1) is 12.1 Å². The molecule has 0 bridgehead atoms. The molecule has 1 rings (SSSR count). The Morgan fingerprint density at radius 1 is 0.973 bits per heavy atom. The van der Waals surface area contributed by atoms with Crippen molar-refractivity contribution >= 4 is 29.4 Å². The Labute approximate surface area is 228 Å². The van der Waals surface area contributed by atoms with E-state index in [4.69, 9.17) is 11.6 Å². The number of carbonyl (C=O) groups excluding carboxylic acids is 3. The van der Waals surface area contributed by atoms with E-state index in [2.05, 4.69) is 24.5 Å². The summed E-state index contributed by atoms with van der Waals surface area (Å²) in [5.74, 6) is -0.534. The molecule has 0 fully saturated rings. The molecule has 0 aliphatic heterocycles. The van der Waals surface area contributed by atoms with E-state index >= 15 is 0 Å². The highest BCUT2D eigenvalue weighted by molar-refractivity contribution is 6.27. The summed E-state index contributed by atoms with van der Waals surface area (Å²) >= 11 is 5.76. The van der Waals surface area contributed by atoms with Gasteiger partial charge >= 0.3 is 6.03 Å². The third kappa shape index (κ3) is 11.7. The van der Waals surface area contributed by atoms with Gasteiger partial charge in [-0.2, -0.15) is 0 Å². The van der Waals surface area contributed by atoms with Crippen molar-refractivity contribution in [2.75, 3.05) is 25.5 Å². The van der Waals surface area contributed by atoms with Crippen molar-refractivity contribution in [3.63, 3.8) is 0 Å². The van der Waals surface area contributed by atoms with E-state index in [0.29, 0.717) is 18.9 Å². The lowest BCUT2D eigenvalue weighted by molar-refractivity contribution is -0.139. The highest BCUT2D eigenvalue weighted by Gasteiger charge is 2.31. The lowest BCUT2D eigenvalue weighted by Gasteiger charge is -2.37. The maximum absolute atomic E-state index is 13.0. The summed E-state index contributed by atoms with van der Waals surface area (Å²) in [4.78, 5) is 41.5. The van der Waals surface area contributed by atoms with Crippen LogP contribution in [0.3, 0.4) is 0 Å². The van der Waals surface area contributed by atoms with Crippen LogP contribution in [0.2, 0.25) is 0 Å². The van der Waals surface area contributed by atoms with Crippen LogP contribution in [-0.4, -0.2) is 81.5 Å². The first-order valence-corrected chi connectivity index (χ1v) is 13.5. The number of halogens is 1. The van der Waals surface area contributed by atoms with Crippen LogP contribution >= 0.6 is 11.6 Å². The van der Waals surface area contributed by atoms with Crippen LogP contribution in [0.5, 0.6) is 0 Å². The Balaban J connectivity index is 2.99. The van der Waals surface area contributed by atoms with Crippen LogP contribution in [0, 0.1) is 5.92 Å². The zero-order valence-electron chi connectivity index (χ0n) is 23.8. The van der Waals surface area contributed by atoms with Crippen molar-refractivity contribution in [1.82, 2.24) is 20.4 Å². The Morgan fingerprint density at radius 2 is 1.54 bits per heavy atom. The van der Waals surface area contributed by atoms with Crippen LogP contribution in [-0.2, 0) is 16.0 Å². The number of amides is 4. The maximum Gasteiger partial charge on any atom is 0.317 e. The average molecular weight is 539 g/mol. The molecule has 0 aliphatic rings. The van der Waals surface area contributed by atoms with Crippen molar-refractivity contribution < 1.29 is 19.5 Å². The van der Waals surface area contributed by atoms with Gasteiger partial charge < -0.3 is 25.5 Å². The van der Waals surface area contributed by atoms with Crippen molar-refractivity contribution in [2.24, 2.45) is 5.92 Å². The predicted octanol–water partition coefficient (Wildman–Crippen LogP) is 3.80. The molecule has 0 heterocycles. The van der Waals surface area contributed by atoms with Gasteiger partial charge in [-0.25, -0.2) is 4.79 Å². The fraction of sp³-hybridized carbons (Fsp3) is 0.679. The molecule has 2 atom stereocenters. The van der Waals surface area contributed by atoms with Crippen LogP contribution < -0.4 is 10.6 Å². The fourth-order valence-corrected chi connectivity index (χ4v) is 4.02. The standard InChI is InChI=1S/C28H47ClN4O4/c1-20(2)14-15-32(27(3,4)5)26(37)30-18-23(34)22(16-21-12-10-9-11-13-21)31-24(35)19-33(25(36)17-29)28(6,7)8/h9-13,20,22-23,34H,14-19H2,1-8H3,(H,30,37)(H,31,35)/t22-,23+/m0/s1. The van der Waals surface area contributed by atoms with Gasteiger partial charge in [-0.15, -0.1) is 11.6 Å². The third-order valence-corrected chi connectivity index (χ3v) is 6.31. The van der Waals surface area contributed by atoms with Gasteiger partial charge in [0.15, 0.2) is 0 Å². The van der Waals surface area contributed by atoms with Crippen LogP contribution in [0.15, 0.2) is 30.3 Å². The Morgan fingerprint density at radius 3 is 2.03 bits per heavy atom. The summed E-state index contributed by atoms with van der Waals surface area (Å²) in [6.07, 6.45) is 0.177. The molecule has 4 amide bonds. The molecular formula is C28H47ClN4O4. The largest absolute Gasteiger partial charge is 0.389 e. The first-order chi connectivity index (χ1) is 17.1. The third-order valence-electron chi connectivity index (χ3n) is 6.08. The van der Waals surface area contributed by atoms with E-state index in [1.54, 1.807) is 4.90 Å². The number of nitrogens with one attached hydrogen (secondary N) is 2. The number of hydrogen-bond donors (Lipinski definition) is 3. The number of nitrogens with zero attached hydrogens (tertiary/aromatic N) is 2. The van der Waals surface area contributed by atoms with Crippen LogP contribution in [0.1, 0.15) is 67.4 Å². The van der Waals surface area contributed by atoms with Gasteiger partial charge in [0, 0.05) is 24.2 Å². The van der Waals surface area contributed by atoms with E-state index < -0.39 is 23.6 Å². The molecular weight excluding hydrogens is 492 g/mol. The number of rotatable bonds is 12. The Kier molecular flexibility index (Phi) is 12.9. The lowest BCUT2D eigenvalue weighted by atomic mass is 10.0. The van der Waals surface area contributed by atoms with Gasteiger partial charge in [0.1, 0.15) is 12.4 Å². The molecule has 1 aromatic carbocycles. The summed E-state index contributed by atoms with van der Waals surface area (Å²) < 4.78 is 0. The monoisotopic (exact) mass is 538 g/mol. The molecule has 0 radical (unpaired) electrons. The van der Waals surface area contributed by atoms with Gasteiger partial charge in [0.25, 0.3) is 0 Å². The number of carbonyl (C=O) groups is 3. The SMILES string of the molecule is CC(C)CCN(C(=O)NC[C@@H](O)[C@H](Cc1ccccc1)NC(=O)CN(C(=O)CCl)C(C)(C)C)C(C)(C)C. The maximum atomic E-state index is 13.0. The summed E-state index contributed by atoms with van der Waals surface area (Å²) in [6.45, 7) is 16.0. The number of urea groups is 1. The van der Waals surface area contributed by atoms with E-state index in [1.807, 2.05) is 71.9 Å². The molecule has 0 aromatic heterocycles. The second-order valence-corrected chi connectivity index (χ2v) is 12.2. The van der Waals surface area contributed by atoms with Crippen LogP contribution in [0.4, 0.5) is 4.79 Å². The molecule has 0 saturated carbocycles. The molecule has 210 valence electrons. The topological polar surface area (TPSA) is 102 Å². The normalized spacial score (nSPS) is 13.6. The zero-order valence-corrected chi connectivity index (χ0v) is 24.6. The van der Waals surface area contributed by atoms with Crippen molar-refractivity contribution in [3.8, 4) is 0 Å². The number of aliphatic hydroxyl groups is 1. The van der Waals surface area contributed by atoms with Crippen LogP contribution in [0.25, 0.3) is 0 Å². The number of alkyl halides is 1. The van der Waals surface area contributed by atoms with Gasteiger partial charge in [-0.3, -0.25) is 9.59 Å². The molecule has 37 heavy (non-hydrogen) atoms. The molecule has 0 saturated heterocycles. The molecule has 0 spiro atoms. The van der Waals surface area contributed by atoms with Crippen molar-refractivity contribution in [1.29, 1.82) is 0 Å². The van der Waals surface area contributed by atoms with E-state index in [9.17, 15) is 19.5 Å². The molecule has 8 nitrogen and oxygen atoms in total. The number of hydrogen-bond acceptors (Lipinski definition) is 4. The Hall–Kier alpha value is -2.32. The molecule has 0 aliphatic carbocycles. The quantitative estimate of drug-likeness (QED) is 0.352. The molecule has 0 unspecified atom stereocenters. The fourth-order valence-electron chi connectivity index (χ4n) is 3.88. The zero-order chi connectivity index (χ0) is 28.4. The molecule has 3 N–H and O–H groups in total. The number of aliphatic hydroxyl groups excluding tert-OH is 1. The summed E-state index contributed by atoms with van der Waals surface area (Å²) in [7, 11) is 0. The summed E-state index contributed by atoms with van der Waals surface area (Å²) in [5.41, 5.74) is -0.0552. The smallest absolute Gasteiger partial charge is 0.317 e. The molecule has 9 heteroatoms. The van der Waals surface area contributed by atoms with Crippen molar-refractivity contribution in [3.05, 3.63) is 35.9 Å². The second kappa shape index (κ2) is 14.6. The highest BCUT2D eigenvalue weighted by atomic mass is 35.5. The van der Waals surface area contributed by atoms with Gasteiger partial charge in [0.2, 0.25) is 11.8 Å². The summed E-state index contributed by atoms with van der Waals surface area (Å²) in [6, 6.07) is 8.56. The van der Waals surface area contributed by atoms with E-state index in [-0.39, 0.29) is 36.4 Å². The predicted molar refractivity (Wildman–Crippen MR) is 150 cm³/mol. The average Bonchev–Trinajstić information content (AvgIpc) is 2.79. The second-order valence-electron chi connectivity index (χ2n) is 11.9. The molecule has 1 aromatic rings. The first kappa shape index (κ1) is 32.7. The van der Waals surface area contributed by atoms with Gasteiger partial charge in [-0.1, -0.05) is 44.2 Å². The number of benzene rings is 1. The first-order valence-electron chi connectivity index (χ1n) is 13.0. The highest BCUT2D eigenvalue weighted by Crippen LogP contribution is 2.17. The van der Waals surface area contributed by atoms with Crippen molar-refractivity contribution in [2.45, 2.75) is 91.5 Å². The lowest BCUT2D eigenvalue weighted by Crippen LogP contribution is -2.56. The minimum Gasteiger partial charge on any atom is -0.389 e. The van der Waals surface area contributed by atoms with E-state index in [0.717, 1.165) is 12.0 Å².